The highest BCUT2D eigenvalue weighted by atomic mass is 16.5. The standard InChI is InChI=1S/C17H17N3O2.C2H7N/c1-3-19-16(13-9-5-4-6-10-13)18-20(17(19)21)14-11-7-8-12-15(14)22-2;1-3-2/h4-12H,3H2,1-2H3;3H,1-2H3. The van der Waals surface area contributed by atoms with Gasteiger partial charge in [0.05, 0.1) is 7.11 Å². The van der Waals surface area contributed by atoms with E-state index in [-0.39, 0.29) is 5.69 Å². The molecule has 0 unspecified atom stereocenters. The molecule has 6 nitrogen and oxygen atoms in total. The molecular weight excluding hydrogens is 316 g/mol. The Hall–Kier alpha value is -2.86. The SMILES string of the molecule is CCn1c(-c2ccccc2)nn(-c2ccccc2OC)c1=O.CNC. The van der Waals surface area contributed by atoms with Crippen molar-refractivity contribution in [1.82, 2.24) is 19.7 Å². The van der Waals surface area contributed by atoms with E-state index in [4.69, 9.17) is 4.74 Å². The van der Waals surface area contributed by atoms with Gasteiger partial charge in [-0.2, -0.15) is 4.68 Å². The minimum Gasteiger partial charge on any atom is -0.494 e. The summed E-state index contributed by atoms with van der Waals surface area (Å²) in [5, 5.41) is 7.27. The van der Waals surface area contributed by atoms with E-state index in [1.807, 2.05) is 75.6 Å². The summed E-state index contributed by atoms with van der Waals surface area (Å²) in [6.07, 6.45) is 0. The fourth-order valence-electron chi connectivity index (χ4n) is 2.44. The van der Waals surface area contributed by atoms with Crippen molar-refractivity contribution in [2.24, 2.45) is 0 Å². The van der Waals surface area contributed by atoms with Gasteiger partial charge in [0.1, 0.15) is 11.4 Å². The van der Waals surface area contributed by atoms with E-state index < -0.39 is 0 Å². The number of rotatable bonds is 4. The van der Waals surface area contributed by atoms with Crippen molar-refractivity contribution in [3.8, 4) is 22.8 Å². The summed E-state index contributed by atoms with van der Waals surface area (Å²) in [5.41, 5.74) is 1.38. The van der Waals surface area contributed by atoms with Crippen molar-refractivity contribution in [3.05, 3.63) is 65.1 Å². The second kappa shape index (κ2) is 8.84. The Labute approximate surface area is 147 Å². The lowest BCUT2D eigenvalue weighted by molar-refractivity contribution is 0.411. The van der Waals surface area contributed by atoms with Crippen molar-refractivity contribution in [2.45, 2.75) is 13.5 Å². The molecule has 0 spiro atoms. The zero-order valence-electron chi connectivity index (χ0n) is 15.1. The van der Waals surface area contributed by atoms with E-state index in [1.165, 1.54) is 4.68 Å². The Morgan fingerprint density at radius 2 is 1.64 bits per heavy atom. The van der Waals surface area contributed by atoms with Crippen molar-refractivity contribution in [3.63, 3.8) is 0 Å². The lowest BCUT2D eigenvalue weighted by Crippen LogP contribution is -2.23. The maximum atomic E-state index is 12.7. The molecule has 0 saturated carbocycles. The highest BCUT2D eigenvalue weighted by molar-refractivity contribution is 5.55. The third kappa shape index (κ3) is 3.97. The molecule has 1 N–H and O–H groups in total. The van der Waals surface area contributed by atoms with Gasteiger partial charge in [-0.1, -0.05) is 42.5 Å². The molecule has 3 rings (SSSR count). The second-order valence-corrected chi connectivity index (χ2v) is 5.30. The van der Waals surface area contributed by atoms with Crippen LogP contribution in [0.4, 0.5) is 0 Å². The molecule has 0 amide bonds. The van der Waals surface area contributed by atoms with Gasteiger partial charge in [0, 0.05) is 12.1 Å². The zero-order chi connectivity index (χ0) is 18.2. The highest BCUT2D eigenvalue weighted by Crippen LogP contribution is 2.22. The molecular formula is C19H24N4O2. The number of nitrogens with zero attached hydrogens (tertiary/aromatic N) is 3. The molecule has 0 aliphatic heterocycles. The maximum Gasteiger partial charge on any atom is 0.351 e. The third-order valence-electron chi connectivity index (χ3n) is 3.52. The molecule has 132 valence electrons. The molecule has 0 saturated heterocycles. The summed E-state index contributed by atoms with van der Waals surface area (Å²) in [6, 6.07) is 17.1. The molecule has 2 aromatic carbocycles. The fraction of sp³-hybridized carbons (Fsp3) is 0.263. The first-order valence-electron chi connectivity index (χ1n) is 8.15. The smallest absolute Gasteiger partial charge is 0.351 e. The minimum absolute atomic E-state index is 0.175. The number of methoxy groups -OCH3 is 1. The number of hydrogen-bond donors (Lipinski definition) is 1. The molecule has 6 heteroatoms. The number of para-hydroxylation sites is 2. The Morgan fingerprint density at radius 3 is 2.24 bits per heavy atom. The lowest BCUT2D eigenvalue weighted by atomic mass is 10.2. The van der Waals surface area contributed by atoms with Crippen LogP contribution in [-0.2, 0) is 6.54 Å². The molecule has 25 heavy (non-hydrogen) atoms. The predicted octanol–water partition coefficient (Wildman–Crippen LogP) is 2.57. The first-order valence-corrected chi connectivity index (χ1v) is 8.15. The number of nitrogens with one attached hydrogen (secondary N) is 1. The summed E-state index contributed by atoms with van der Waals surface area (Å²) >= 11 is 0. The topological polar surface area (TPSA) is 61.1 Å². The summed E-state index contributed by atoms with van der Waals surface area (Å²) in [5.74, 6) is 1.27. The van der Waals surface area contributed by atoms with Crippen LogP contribution >= 0.6 is 0 Å². The summed E-state index contributed by atoms with van der Waals surface area (Å²) in [7, 11) is 5.33. The van der Waals surface area contributed by atoms with Gasteiger partial charge in [0.2, 0.25) is 0 Å². The van der Waals surface area contributed by atoms with E-state index in [1.54, 1.807) is 11.7 Å². The summed E-state index contributed by atoms with van der Waals surface area (Å²) in [6.45, 7) is 2.49. The van der Waals surface area contributed by atoms with Crippen LogP contribution in [0, 0.1) is 0 Å². The van der Waals surface area contributed by atoms with E-state index in [0.717, 1.165) is 5.56 Å². The molecule has 0 aliphatic rings. The fourth-order valence-corrected chi connectivity index (χ4v) is 2.44. The Balaban J connectivity index is 0.000000701. The maximum absolute atomic E-state index is 12.7. The van der Waals surface area contributed by atoms with Gasteiger partial charge < -0.3 is 10.1 Å². The average molecular weight is 340 g/mol. The van der Waals surface area contributed by atoms with Gasteiger partial charge >= 0.3 is 5.69 Å². The molecule has 0 bridgehead atoms. The van der Waals surface area contributed by atoms with Crippen LogP contribution in [0.5, 0.6) is 5.75 Å². The van der Waals surface area contributed by atoms with Crippen LogP contribution in [0.3, 0.4) is 0 Å². The van der Waals surface area contributed by atoms with Crippen LogP contribution in [0.2, 0.25) is 0 Å². The van der Waals surface area contributed by atoms with Gasteiger partial charge in [-0.15, -0.1) is 5.10 Å². The van der Waals surface area contributed by atoms with Crippen LogP contribution in [0.1, 0.15) is 6.92 Å². The predicted molar refractivity (Wildman–Crippen MR) is 100 cm³/mol. The third-order valence-corrected chi connectivity index (χ3v) is 3.52. The quantitative estimate of drug-likeness (QED) is 0.793. The zero-order valence-corrected chi connectivity index (χ0v) is 15.1. The highest BCUT2D eigenvalue weighted by Gasteiger charge is 2.16. The normalized spacial score (nSPS) is 10.1. The number of aromatic nitrogens is 3. The van der Waals surface area contributed by atoms with Crippen molar-refractivity contribution < 1.29 is 4.74 Å². The number of ether oxygens (including phenoxy) is 1. The molecule has 3 aromatic rings. The number of hydrogen-bond acceptors (Lipinski definition) is 4. The van der Waals surface area contributed by atoms with Gasteiger partial charge in [0.25, 0.3) is 0 Å². The summed E-state index contributed by atoms with van der Waals surface area (Å²) in [4.78, 5) is 12.7. The van der Waals surface area contributed by atoms with Gasteiger partial charge in [-0.3, -0.25) is 4.57 Å². The lowest BCUT2D eigenvalue weighted by Gasteiger charge is -2.06. The second-order valence-electron chi connectivity index (χ2n) is 5.30. The first kappa shape index (κ1) is 18.5. The molecule has 1 aromatic heterocycles. The first-order chi connectivity index (χ1) is 12.2. The van der Waals surface area contributed by atoms with Crippen LogP contribution in [0.25, 0.3) is 17.1 Å². The van der Waals surface area contributed by atoms with Crippen molar-refractivity contribution in [2.75, 3.05) is 21.2 Å². The van der Waals surface area contributed by atoms with Gasteiger partial charge in [0.15, 0.2) is 5.82 Å². The molecule has 0 fully saturated rings. The minimum atomic E-state index is -0.175. The van der Waals surface area contributed by atoms with Crippen molar-refractivity contribution >= 4 is 0 Å². The van der Waals surface area contributed by atoms with E-state index in [9.17, 15) is 4.79 Å². The van der Waals surface area contributed by atoms with E-state index in [0.29, 0.717) is 23.8 Å². The Morgan fingerprint density at radius 1 is 1.04 bits per heavy atom. The van der Waals surface area contributed by atoms with E-state index >= 15 is 0 Å². The van der Waals surface area contributed by atoms with Crippen LogP contribution < -0.4 is 15.7 Å². The van der Waals surface area contributed by atoms with E-state index in [2.05, 4.69) is 10.4 Å². The molecule has 1 heterocycles. The van der Waals surface area contributed by atoms with Crippen molar-refractivity contribution in [1.29, 1.82) is 0 Å². The van der Waals surface area contributed by atoms with Gasteiger partial charge in [-0.05, 0) is 33.2 Å². The molecule has 0 aliphatic carbocycles. The Bertz CT molecular complexity index is 853. The van der Waals surface area contributed by atoms with Crippen LogP contribution in [0.15, 0.2) is 59.4 Å². The monoisotopic (exact) mass is 340 g/mol. The number of benzene rings is 2. The average Bonchev–Trinajstić information content (AvgIpc) is 2.99. The molecule has 0 atom stereocenters. The Kier molecular flexibility index (Phi) is 6.54. The van der Waals surface area contributed by atoms with Gasteiger partial charge in [-0.25, -0.2) is 4.79 Å². The largest absolute Gasteiger partial charge is 0.494 e. The van der Waals surface area contributed by atoms with Crippen LogP contribution in [-0.4, -0.2) is 35.6 Å². The molecule has 0 radical (unpaired) electrons. The summed E-state index contributed by atoms with van der Waals surface area (Å²) < 4.78 is 8.38.